The molecule has 0 aliphatic rings. The van der Waals surface area contributed by atoms with Gasteiger partial charge in [0.05, 0.1) is 26.4 Å². The van der Waals surface area contributed by atoms with Crippen molar-refractivity contribution in [1.82, 2.24) is 0 Å². The largest absolute Gasteiger partial charge is 0.472 e. The number of hydrogen-bond donors (Lipinski definition) is 3. The molecule has 3 N–H and O–H groups in total. The maximum atomic E-state index is 13.1. The number of carbonyl (C=O) groups is 4. The number of esters is 4. The molecule has 0 aromatic rings. The molecule has 5 atom stereocenters. The number of phosphoric acid groups is 2. The van der Waals surface area contributed by atoms with E-state index >= 15 is 0 Å². The normalized spacial score (nSPS) is 14.5. The molecule has 0 aliphatic heterocycles. The van der Waals surface area contributed by atoms with Crippen LogP contribution in [0.5, 0.6) is 0 Å². The summed E-state index contributed by atoms with van der Waals surface area (Å²) in [5, 5.41) is 10.7. The molecule has 0 aliphatic carbocycles. The van der Waals surface area contributed by atoms with E-state index in [0.29, 0.717) is 25.7 Å². The van der Waals surface area contributed by atoms with Crippen molar-refractivity contribution in [2.24, 2.45) is 0 Å². The van der Waals surface area contributed by atoms with Gasteiger partial charge in [-0.1, -0.05) is 290 Å². The predicted molar refractivity (Wildman–Crippen MR) is 445 cm³/mol. The minimum Gasteiger partial charge on any atom is -0.462 e. The van der Waals surface area contributed by atoms with Gasteiger partial charge >= 0.3 is 39.5 Å². The van der Waals surface area contributed by atoms with Crippen molar-refractivity contribution < 1.29 is 80.2 Å². The van der Waals surface area contributed by atoms with Gasteiger partial charge in [-0.3, -0.25) is 37.3 Å². The van der Waals surface area contributed by atoms with Crippen LogP contribution in [-0.4, -0.2) is 96.7 Å². The lowest BCUT2D eigenvalue weighted by molar-refractivity contribution is -0.161. The maximum absolute atomic E-state index is 13.1. The summed E-state index contributed by atoms with van der Waals surface area (Å²) in [5.74, 6) is -2.24. The van der Waals surface area contributed by atoms with E-state index in [-0.39, 0.29) is 25.7 Å². The Hall–Kier alpha value is -4.80. The molecule has 0 aromatic heterocycles. The highest BCUT2D eigenvalue weighted by atomic mass is 31.2. The molecule has 5 unspecified atom stereocenters. The number of phosphoric ester groups is 2. The summed E-state index contributed by atoms with van der Waals surface area (Å²) in [7, 11) is -9.99. The SMILES string of the molecule is CC/C=C\C/C=C\C/C=C\C/C=C\C/C=C\CCCCCC(=O)OCC(COP(=O)(O)OCC(O)COP(=O)(O)OCC(COC(=O)CCCCCCCC/C=C\C/C=C\C/C=C\CCCCC)OC(=O)CCCCCCC/C=C\C/C=C\CCCCC)OC(=O)CCCCCCC/C=C\CCCCCCCC. The molecule has 108 heavy (non-hydrogen) atoms. The van der Waals surface area contributed by atoms with Crippen LogP contribution in [0.3, 0.4) is 0 Å². The molecule has 0 spiro atoms. The van der Waals surface area contributed by atoms with E-state index in [1.807, 2.05) is 0 Å². The summed E-state index contributed by atoms with van der Waals surface area (Å²) < 4.78 is 68.7. The van der Waals surface area contributed by atoms with Gasteiger partial charge in [0.15, 0.2) is 12.2 Å². The minimum atomic E-state index is -4.99. The molecule has 0 amide bonds. The van der Waals surface area contributed by atoms with Crippen molar-refractivity contribution in [1.29, 1.82) is 0 Å². The first-order valence-electron chi connectivity index (χ1n) is 42.4. The monoisotopic (exact) mass is 1560 g/mol. The van der Waals surface area contributed by atoms with E-state index in [9.17, 15) is 43.2 Å². The number of allylic oxidation sites excluding steroid dienone is 22. The third kappa shape index (κ3) is 79.3. The van der Waals surface area contributed by atoms with Crippen LogP contribution in [0.1, 0.15) is 349 Å². The van der Waals surface area contributed by atoms with Crippen molar-refractivity contribution in [2.45, 2.75) is 367 Å². The third-order valence-corrected chi connectivity index (χ3v) is 19.5. The van der Waals surface area contributed by atoms with Gasteiger partial charge in [0.25, 0.3) is 0 Å². The van der Waals surface area contributed by atoms with Crippen LogP contribution >= 0.6 is 15.6 Å². The summed E-state index contributed by atoms with van der Waals surface area (Å²) in [5.41, 5.74) is 0. The van der Waals surface area contributed by atoms with Crippen molar-refractivity contribution in [2.75, 3.05) is 39.6 Å². The highest BCUT2D eigenvalue weighted by Gasteiger charge is 2.30. The summed E-state index contributed by atoms with van der Waals surface area (Å²) in [6.45, 7) is 4.66. The zero-order valence-electron chi connectivity index (χ0n) is 68.0. The molecule has 0 saturated carbocycles. The van der Waals surface area contributed by atoms with Crippen molar-refractivity contribution in [3.05, 3.63) is 134 Å². The van der Waals surface area contributed by atoms with Crippen molar-refractivity contribution >= 4 is 39.5 Å². The van der Waals surface area contributed by atoms with Crippen LogP contribution in [0.15, 0.2) is 134 Å². The van der Waals surface area contributed by atoms with Crippen LogP contribution in [-0.2, 0) is 65.4 Å². The number of rotatable bonds is 79. The molecule has 0 fully saturated rings. The summed E-state index contributed by atoms with van der Waals surface area (Å²) in [6, 6.07) is 0. The van der Waals surface area contributed by atoms with E-state index in [4.69, 9.17) is 37.0 Å². The molecular formula is C89H152O17P2. The van der Waals surface area contributed by atoms with Crippen LogP contribution in [0.4, 0.5) is 0 Å². The average molecular weight is 1560 g/mol. The van der Waals surface area contributed by atoms with E-state index in [2.05, 4.69) is 161 Å². The first kappa shape index (κ1) is 103. The van der Waals surface area contributed by atoms with Crippen LogP contribution in [0.2, 0.25) is 0 Å². The highest BCUT2D eigenvalue weighted by molar-refractivity contribution is 7.47. The van der Waals surface area contributed by atoms with Gasteiger partial charge in [-0.15, -0.1) is 0 Å². The van der Waals surface area contributed by atoms with E-state index < -0.39 is 97.5 Å². The molecule has 620 valence electrons. The lowest BCUT2D eigenvalue weighted by atomic mass is 10.1. The lowest BCUT2D eigenvalue weighted by Crippen LogP contribution is -2.30. The van der Waals surface area contributed by atoms with Crippen molar-refractivity contribution in [3.63, 3.8) is 0 Å². The summed E-state index contributed by atoms with van der Waals surface area (Å²) in [4.78, 5) is 73.2. The summed E-state index contributed by atoms with van der Waals surface area (Å²) >= 11 is 0. The molecule has 17 nitrogen and oxygen atoms in total. The molecule has 19 heteroatoms. The van der Waals surface area contributed by atoms with Gasteiger partial charge in [0.2, 0.25) is 0 Å². The number of hydrogen-bond acceptors (Lipinski definition) is 15. The Kier molecular flexibility index (Phi) is 76.7. The zero-order valence-corrected chi connectivity index (χ0v) is 69.8. The zero-order chi connectivity index (χ0) is 78.9. The molecule has 0 heterocycles. The lowest BCUT2D eigenvalue weighted by Gasteiger charge is -2.21. The van der Waals surface area contributed by atoms with Crippen LogP contribution < -0.4 is 0 Å². The quantitative estimate of drug-likeness (QED) is 0.0169. The van der Waals surface area contributed by atoms with Gasteiger partial charge in [0.1, 0.15) is 19.3 Å². The molecule has 0 bridgehead atoms. The Bertz CT molecular complexity index is 2560. The third-order valence-electron chi connectivity index (χ3n) is 17.6. The van der Waals surface area contributed by atoms with Gasteiger partial charge in [-0.25, -0.2) is 9.13 Å². The fourth-order valence-electron chi connectivity index (χ4n) is 11.1. The van der Waals surface area contributed by atoms with Crippen molar-refractivity contribution in [3.8, 4) is 0 Å². The van der Waals surface area contributed by atoms with E-state index in [1.165, 1.54) is 77.0 Å². The molecule has 0 saturated heterocycles. The van der Waals surface area contributed by atoms with Gasteiger partial charge in [0, 0.05) is 25.7 Å². The number of carbonyl (C=O) groups excluding carboxylic acids is 4. The number of aliphatic hydroxyl groups is 1. The summed E-state index contributed by atoms with van der Waals surface area (Å²) in [6.07, 6.45) is 91.2. The van der Waals surface area contributed by atoms with E-state index in [1.54, 1.807) is 0 Å². The second-order valence-corrected chi connectivity index (χ2v) is 30.9. The number of aliphatic hydroxyl groups excluding tert-OH is 1. The first-order valence-corrected chi connectivity index (χ1v) is 45.4. The predicted octanol–water partition coefficient (Wildman–Crippen LogP) is 25.2. The molecular weight excluding hydrogens is 1400 g/mol. The smallest absolute Gasteiger partial charge is 0.462 e. The molecule has 0 aromatic carbocycles. The second-order valence-electron chi connectivity index (χ2n) is 28.0. The minimum absolute atomic E-state index is 0.0730. The topological polar surface area (TPSA) is 237 Å². The average Bonchev–Trinajstić information content (AvgIpc) is 0.923. The second kappa shape index (κ2) is 80.3. The van der Waals surface area contributed by atoms with E-state index in [0.717, 1.165) is 193 Å². The Morgan fingerprint density at radius 2 is 0.481 bits per heavy atom. The Morgan fingerprint density at radius 1 is 0.269 bits per heavy atom. The number of ether oxygens (including phenoxy) is 4. The van der Waals surface area contributed by atoms with Gasteiger partial charge in [-0.2, -0.15) is 0 Å². The Labute approximate surface area is 656 Å². The van der Waals surface area contributed by atoms with Crippen LogP contribution in [0.25, 0.3) is 0 Å². The Balaban J connectivity index is 5.42. The standard InChI is InChI=1S/C89H152O17P2/c1-5-9-13-17-21-25-29-33-37-39-41-43-47-49-53-57-61-65-69-73-86(91)99-79-84(105-88(93)75-71-67-63-59-55-51-45-35-31-27-23-19-15-11-7-3)81-103-107(95,96)101-77-83(90)78-102-108(97,98)104-82-85(106-89(94)76-72-68-64-60-56-52-46-36-32-28-24-20-16-12-8-4)80-100-87(92)74-70-66-62-58-54-50-48-44-42-40-38-34-30-26-22-18-14-10-6-2/h9,13,21-22,24-26,28,33-38,41-46,49,53,83-85,90H,5-8,10-12,14-20,23,27,29-32,39-40,47-48,50-52,54-82H2,1-4H3,(H,95,96)(H,97,98)/b13-9-,25-21-,26-22-,28-24-,37-33-,38-34-,43-41-,44-42-,45-35-,46-36-,53-49-. The fourth-order valence-corrected chi connectivity index (χ4v) is 12.7. The fraction of sp³-hybridized carbons (Fsp3) is 0.708. The first-order chi connectivity index (χ1) is 52.7. The highest BCUT2D eigenvalue weighted by Crippen LogP contribution is 2.45. The van der Waals surface area contributed by atoms with Gasteiger partial charge in [-0.05, 0) is 167 Å². The number of unbranched alkanes of at least 4 members (excludes halogenated alkanes) is 31. The maximum Gasteiger partial charge on any atom is 0.472 e. The Morgan fingerprint density at radius 3 is 0.778 bits per heavy atom. The molecule has 0 rings (SSSR count). The molecule has 0 radical (unpaired) electrons. The van der Waals surface area contributed by atoms with Crippen LogP contribution in [0, 0.1) is 0 Å². The van der Waals surface area contributed by atoms with Gasteiger partial charge < -0.3 is 33.8 Å².